The zero-order valence-corrected chi connectivity index (χ0v) is 12.6. The van der Waals surface area contributed by atoms with Gasteiger partial charge < -0.3 is 5.32 Å². The van der Waals surface area contributed by atoms with Gasteiger partial charge in [0, 0.05) is 37.6 Å². The summed E-state index contributed by atoms with van der Waals surface area (Å²) >= 11 is 0. The van der Waals surface area contributed by atoms with Crippen molar-refractivity contribution in [3.8, 4) is 0 Å². The smallest absolute Gasteiger partial charge is 0.350 e. The molecule has 0 aliphatic rings. The highest BCUT2D eigenvalue weighted by Gasteiger charge is 2.30. The quantitative estimate of drug-likeness (QED) is 0.888. The molecule has 0 aliphatic heterocycles. The molecule has 0 unspecified atom stereocenters. The maximum absolute atomic E-state index is 12.6. The van der Waals surface area contributed by atoms with Crippen LogP contribution in [0.5, 0.6) is 0 Å². The molecule has 2 aromatic rings. The van der Waals surface area contributed by atoms with Crippen LogP contribution in [0.15, 0.2) is 30.6 Å². The molecule has 0 aromatic carbocycles. The predicted octanol–water partition coefficient (Wildman–Crippen LogP) is 2.68. The Morgan fingerprint density at radius 2 is 2.09 bits per heavy atom. The number of pyridine rings is 1. The maximum Gasteiger partial charge on any atom is 0.416 e. The number of carbonyl (C=O) groups is 1. The van der Waals surface area contributed by atoms with Crippen LogP contribution in [0.3, 0.4) is 0 Å². The number of nitrogens with zero attached hydrogens (tertiary/aromatic N) is 3. The van der Waals surface area contributed by atoms with Crippen LogP contribution in [0.2, 0.25) is 0 Å². The SMILES string of the molecule is CCCn1nccc1C(=O)NCCc1cc(C(F)(F)F)ccn1. The fourth-order valence-corrected chi connectivity index (χ4v) is 2.10. The number of hydrogen-bond donors (Lipinski definition) is 1. The van der Waals surface area contributed by atoms with E-state index in [4.69, 9.17) is 0 Å². The Labute approximate surface area is 131 Å². The van der Waals surface area contributed by atoms with Crippen LogP contribution in [0, 0.1) is 0 Å². The Hall–Kier alpha value is -2.38. The van der Waals surface area contributed by atoms with E-state index in [1.807, 2.05) is 6.92 Å². The van der Waals surface area contributed by atoms with Crippen molar-refractivity contribution in [1.29, 1.82) is 0 Å². The molecule has 0 atom stereocenters. The number of alkyl halides is 3. The van der Waals surface area contributed by atoms with Crippen LogP contribution in [-0.4, -0.2) is 27.2 Å². The summed E-state index contributed by atoms with van der Waals surface area (Å²) in [5.41, 5.74) is -0.0270. The molecule has 1 amide bonds. The molecule has 0 fully saturated rings. The van der Waals surface area contributed by atoms with Crippen molar-refractivity contribution < 1.29 is 18.0 Å². The van der Waals surface area contributed by atoms with E-state index in [2.05, 4.69) is 15.4 Å². The summed E-state index contributed by atoms with van der Waals surface area (Å²) in [6.45, 7) is 2.80. The van der Waals surface area contributed by atoms with Gasteiger partial charge in [0.25, 0.3) is 5.91 Å². The molecule has 1 N–H and O–H groups in total. The Kier molecular flexibility index (Phi) is 5.36. The van der Waals surface area contributed by atoms with Gasteiger partial charge in [0.15, 0.2) is 0 Å². The van der Waals surface area contributed by atoms with Gasteiger partial charge in [-0.3, -0.25) is 14.5 Å². The van der Waals surface area contributed by atoms with Crippen molar-refractivity contribution in [2.75, 3.05) is 6.54 Å². The molecule has 0 aliphatic carbocycles. The number of halogens is 3. The molecule has 2 rings (SSSR count). The number of aromatic nitrogens is 3. The molecule has 0 bridgehead atoms. The van der Waals surface area contributed by atoms with Crippen molar-refractivity contribution in [3.63, 3.8) is 0 Å². The standard InChI is InChI=1S/C15H17F3N4O/c1-2-9-22-13(5-8-21-22)14(23)20-7-4-12-10-11(3-6-19-12)15(16,17)18/h3,5-6,8,10H,2,4,7,9H2,1H3,(H,20,23). The van der Waals surface area contributed by atoms with Crippen LogP contribution in [0.25, 0.3) is 0 Å². The highest BCUT2D eigenvalue weighted by molar-refractivity contribution is 5.92. The highest BCUT2D eigenvalue weighted by atomic mass is 19.4. The first-order valence-corrected chi connectivity index (χ1v) is 7.24. The van der Waals surface area contributed by atoms with Crippen LogP contribution in [0.4, 0.5) is 13.2 Å². The van der Waals surface area contributed by atoms with E-state index in [1.165, 1.54) is 0 Å². The third-order valence-corrected chi connectivity index (χ3v) is 3.20. The van der Waals surface area contributed by atoms with E-state index in [1.54, 1.807) is 16.9 Å². The molecule has 2 heterocycles. The van der Waals surface area contributed by atoms with Gasteiger partial charge >= 0.3 is 6.18 Å². The normalized spacial score (nSPS) is 11.5. The average molecular weight is 326 g/mol. The lowest BCUT2D eigenvalue weighted by molar-refractivity contribution is -0.137. The van der Waals surface area contributed by atoms with E-state index < -0.39 is 11.7 Å². The lowest BCUT2D eigenvalue weighted by atomic mass is 10.2. The van der Waals surface area contributed by atoms with Crippen molar-refractivity contribution in [1.82, 2.24) is 20.1 Å². The second-order valence-corrected chi connectivity index (χ2v) is 4.98. The minimum atomic E-state index is -4.40. The number of carbonyl (C=O) groups excluding carboxylic acids is 1. The van der Waals surface area contributed by atoms with E-state index in [9.17, 15) is 18.0 Å². The zero-order valence-electron chi connectivity index (χ0n) is 12.6. The van der Waals surface area contributed by atoms with E-state index in [-0.39, 0.29) is 24.6 Å². The number of amides is 1. The van der Waals surface area contributed by atoms with E-state index >= 15 is 0 Å². The zero-order chi connectivity index (χ0) is 16.9. The Morgan fingerprint density at radius 1 is 1.30 bits per heavy atom. The van der Waals surface area contributed by atoms with Gasteiger partial charge in [0.1, 0.15) is 5.69 Å². The van der Waals surface area contributed by atoms with Crippen molar-refractivity contribution in [2.24, 2.45) is 0 Å². The fourth-order valence-electron chi connectivity index (χ4n) is 2.10. The summed E-state index contributed by atoms with van der Waals surface area (Å²) in [6, 6.07) is 3.52. The molecule has 5 nitrogen and oxygen atoms in total. The van der Waals surface area contributed by atoms with Gasteiger partial charge in [0.05, 0.1) is 5.56 Å². The average Bonchev–Trinajstić information content (AvgIpc) is 2.95. The predicted molar refractivity (Wildman–Crippen MR) is 77.8 cm³/mol. The molecule has 0 saturated carbocycles. The molecule has 2 aromatic heterocycles. The number of aryl methyl sites for hydroxylation is 1. The maximum atomic E-state index is 12.6. The lowest BCUT2D eigenvalue weighted by Gasteiger charge is -2.09. The third kappa shape index (κ3) is 4.54. The molecule has 0 saturated heterocycles. The van der Waals surface area contributed by atoms with Gasteiger partial charge in [-0.15, -0.1) is 0 Å². The third-order valence-electron chi connectivity index (χ3n) is 3.20. The Morgan fingerprint density at radius 3 is 2.78 bits per heavy atom. The van der Waals surface area contributed by atoms with Gasteiger partial charge in [-0.25, -0.2) is 0 Å². The van der Waals surface area contributed by atoms with Crippen molar-refractivity contribution in [2.45, 2.75) is 32.5 Å². The largest absolute Gasteiger partial charge is 0.416 e. The minimum absolute atomic E-state index is 0.199. The summed E-state index contributed by atoms with van der Waals surface area (Å²) in [5, 5.41) is 6.72. The molecule has 0 radical (unpaired) electrons. The molecule has 124 valence electrons. The fraction of sp³-hybridized carbons (Fsp3) is 0.400. The van der Waals surface area contributed by atoms with Gasteiger partial charge in [-0.2, -0.15) is 18.3 Å². The molecule has 8 heteroatoms. The summed E-state index contributed by atoms with van der Waals surface area (Å²) in [6.07, 6.45) is -0.670. The summed E-state index contributed by atoms with van der Waals surface area (Å²) in [7, 11) is 0. The second kappa shape index (κ2) is 7.26. The van der Waals surface area contributed by atoms with E-state index in [0.717, 1.165) is 24.8 Å². The topological polar surface area (TPSA) is 59.8 Å². The highest BCUT2D eigenvalue weighted by Crippen LogP contribution is 2.28. The molecule has 0 spiro atoms. The summed E-state index contributed by atoms with van der Waals surface area (Å²) in [5.74, 6) is -0.303. The lowest BCUT2D eigenvalue weighted by Crippen LogP contribution is -2.28. The second-order valence-electron chi connectivity index (χ2n) is 4.98. The molecule has 23 heavy (non-hydrogen) atoms. The summed E-state index contributed by atoms with van der Waals surface area (Å²) in [4.78, 5) is 15.9. The number of rotatable bonds is 6. The van der Waals surface area contributed by atoms with Gasteiger partial charge in [-0.05, 0) is 24.6 Å². The number of hydrogen-bond acceptors (Lipinski definition) is 3. The first kappa shape index (κ1) is 17.0. The molecular weight excluding hydrogens is 309 g/mol. The van der Waals surface area contributed by atoms with Gasteiger partial charge in [-0.1, -0.05) is 6.92 Å². The monoisotopic (exact) mass is 326 g/mol. The van der Waals surface area contributed by atoms with Crippen LogP contribution < -0.4 is 5.32 Å². The van der Waals surface area contributed by atoms with E-state index in [0.29, 0.717) is 12.2 Å². The first-order valence-electron chi connectivity index (χ1n) is 7.24. The van der Waals surface area contributed by atoms with Gasteiger partial charge in [0.2, 0.25) is 0 Å². The van der Waals surface area contributed by atoms with Crippen LogP contribution >= 0.6 is 0 Å². The van der Waals surface area contributed by atoms with Crippen molar-refractivity contribution in [3.05, 3.63) is 47.5 Å². The van der Waals surface area contributed by atoms with Crippen LogP contribution in [-0.2, 0) is 19.1 Å². The first-order chi connectivity index (χ1) is 10.9. The Balaban J connectivity index is 1.92. The van der Waals surface area contributed by atoms with Crippen LogP contribution in [0.1, 0.15) is 35.1 Å². The summed E-state index contributed by atoms with van der Waals surface area (Å²) < 4.78 is 39.4. The minimum Gasteiger partial charge on any atom is -0.350 e. The Bertz CT molecular complexity index is 667. The van der Waals surface area contributed by atoms with Crippen molar-refractivity contribution >= 4 is 5.91 Å². The molecular formula is C15H17F3N4O. The number of nitrogens with one attached hydrogen (secondary N) is 1.